The summed E-state index contributed by atoms with van der Waals surface area (Å²) in [7, 11) is 0. The van der Waals surface area contributed by atoms with Crippen molar-refractivity contribution in [3.8, 4) is 5.75 Å². The monoisotopic (exact) mass is 295 g/mol. The third kappa shape index (κ3) is 4.35. The van der Waals surface area contributed by atoms with Gasteiger partial charge in [0.1, 0.15) is 5.75 Å². The van der Waals surface area contributed by atoms with E-state index in [0.717, 1.165) is 18.9 Å². The fraction of sp³-hybridized carbons (Fsp3) is 0.400. The summed E-state index contributed by atoms with van der Waals surface area (Å²) in [6, 6.07) is 18.5. The zero-order chi connectivity index (χ0) is 15.2. The Morgan fingerprint density at radius 3 is 2.23 bits per heavy atom. The second-order valence-electron chi connectivity index (χ2n) is 6.39. The highest BCUT2D eigenvalue weighted by Gasteiger charge is 2.19. The maximum atomic E-state index is 9.31. The number of phenolic OH excluding ortho intramolecular Hbond substituents is 1. The highest BCUT2D eigenvalue weighted by Crippen LogP contribution is 2.22. The van der Waals surface area contributed by atoms with E-state index in [9.17, 15) is 5.11 Å². The second kappa shape index (κ2) is 7.46. The molecule has 0 atom stereocenters. The Labute approximate surface area is 133 Å². The molecule has 1 N–H and O–H groups in total. The Kier molecular flexibility index (Phi) is 5.12. The van der Waals surface area contributed by atoms with Crippen molar-refractivity contribution < 1.29 is 5.11 Å². The van der Waals surface area contributed by atoms with Crippen LogP contribution in [0.3, 0.4) is 0 Å². The molecule has 1 heterocycles. The Morgan fingerprint density at radius 2 is 1.55 bits per heavy atom. The quantitative estimate of drug-likeness (QED) is 0.904. The van der Waals surface area contributed by atoms with E-state index in [2.05, 4.69) is 35.2 Å². The van der Waals surface area contributed by atoms with E-state index in [1.165, 1.54) is 43.5 Å². The maximum absolute atomic E-state index is 9.31. The van der Waals surface area contributed by atoms with Crippen molar-refractivity contribution in [1.82, 2.24) is 4.90 Å². The number of piperidine rings is 1. The average Bonchev–Trinajstić information content (AvgIpc) is 2.57. The van der Waals surface area contributed by atoms with Crippen molar-refractivity contribution in [1.29, 1.82) is 0 Å². The third-order valence-electron chi connectivity index (χ3n) is 4.73. The molecule has 0 bridgehead atoms. The van der Waals surface area contributed by atoms with Gasteiger partial charge in [-0.25, -0.2) is 0 Å². The van der Waals surface area contributed by atoms with Gasteiger partial charge in [0, 0.05) is 6.54 Å². The number of aromatic hydroxyl groups is 1. The molecule has 0 unspecified atom stereocenters. The molecule has 116 valence electrons. The van der Waals surface area contributed by atoms with Gasteiger partial charge in [0.15, 0.2) is 0 Å². The summed E-state index contributed by atoms with van der Waals surface area (Å²) in [6.07, 6.45) is 4.92. The largest absolute Gasteiger partial charge is 0.508 e. The number of hydrogen-bond donors (Lipinski definition) is 1. The number of rotatable bonds is 5. The van der Waals surface area contributed by atoms with E-state index in [4.69, 9.17) is 0 Å². The molecular weight excluding hydrogens is 270 g/mol. The molecule has 2 nitrogen and oxygen atoms in total. The first-order valence-electron chi connectivity index (χ1n) is 8.34. The Hall–Kier alpha value is -1.80. The fourth-order valence-electron chi connectivity index (χ4n) is 3.31. The van der Waals surface area contributed by atoms with Crippen LogP contribution in [0.2, 0.25) is 0 Å². The Morgan fingerprint density at radius 1 is 0.864 bits per heavy atom. The molecule has 22 heavy (non-hydrogen) atoms. The summed E-state index contributed by atoms with van der Waals surface area (Å²) >= 11 is 0. The lowest BCUT2D eigenvalue weighted by molar-refractivity contribution is 0.186. The number of benzene rings is 2. The smallest absolute Gasteiger partial charge is 0.115 e. The van der Waals surface area contributed by atoms with Crippen LogP contribution in [-0.4, -0.2) is 29.6 Å². The minimum Gasteiger partial charge on any atom is -0.508 e. The molecule has 1 fully saturated rings. The molecule has 1 saturated heterocycles. The molecule has 0 amide bonds. The fourth-order valence-corrected chi connectivity index (χ4v) is 3.31. The zero-order valence-electron chi connectivity index (χ0n) is 13.1. The van der Waals surface area contributed by atoms with Crippen LogP contribution in [0.4, 0.5) is 0 Å². The molecule has 2 aromatic rings. The molecule has 0 aliphatic carbocycles. The first-order valence-corrected chi connectivity index (χ1v) is 8.34. The van der Waals surface area contributed by atoms with Crippen LogP contribution in [0.5, 0.6) is 5.75 Å². The molecule has 0 spiro atoms. The topological polar surface area (TPSA) is 23.5 Å². The van der Waals surface area contributed by atoms with Gasteiger partial charge in [-0.15, -0.1) is 0 Å². The minimum absolute atomic E-state index is 0.352. The molecule has 2 heteroatoms. The van der Waals surface area contributed by atoms with Gasteiger partial charge in [-0.1, -0.05) is 42.5 Å². The first kappa shape index (κ1) is 15.1. The van der Waals surface area contributed by atoms with E-state index >= 15 is 0 Å². The van der Waals surface area contributed by atoms with E-state index in [1.54, 1.807) is 12.1 Å². The number of nitrogens with zero attached hydrogens (tertiary/aromatic N) is 1. The standard InChI is InChI=1S/C20H25NO/c22-20-8-6-17(7-9-20)10-13-21-14-11-19(12-15-21)16-18-4-2-1-3-5-18/h1-9,19,22H,10-16H2. The highest BCUT2D eigenvalue weighted by molar-refractivity contribution is 5.26. The van der Waals surface area contributed by atoms with Crippen LogP contribution in [0, 0.1) is 5.92 Å². The van der Waals surface area contributed by atoms with Crippen molar-refractivity contribution >= 4 is 0 Å². The lowest BCUT2D eigenvalue weighted by Crippen LogP contribution is -2.35. The van der Waals surface area contributed by atoms with Crippen LogP contribution in [0.15, 0.2) is 54.6 Å². The normalized spacial score (nSPS) is 16.7. The van der Waals surface area contributed by atoms with Gasteiger partial charge >= 0.3 is 0 Å². The van der Waals surface area contributed by atoms with Crippen LogP contribution in [0.25, 0.3) is 0 Å². The van der Waals surface area contributed by atoms with Crippen LogP contribution in [-0.2, 0) is 12.8 Å². The van der Waals surface area contributed by atoms with Crippen molar-refractivity contribution in [3.05, 3.63) is 65.7 Å². The van der Waals surface area contributed by atoms with Crippen LogP contribution in [0.1, 0.15) is 24.0 Å². The Bertz CT molecular complexity index is 556. The molecule has 0 radical (unpaired) electrons. The lowest BCUT2D eigenvalue weighted by Gasteiger charge is -2.32. The minimum atomic E-state index is 0.352. The predicted octanol–water partition coefficient (Wildman–Crippen LogP) is 3.89. The van der Waals surface area contributed by atoms with E-state index in [-0.39, 0.29) is 0 Å². The van der Waals surface area contributed by atoms with E-state index < -0.39 is 0 Å². The molecule has 1 aliphatic rings. The van der Waals surface area contributed by atoms with Crippen LogP contribution < -0.4 is 0 Å². The number of likely N-dealkylation sites (tertiary alicyclic amines) is 1. The number of phenols is 1. The molecule has 0 aromatic heterocycles. The van der Waals surface area contributed by atoms with Gasteiger partial charge in [0.05, 0.1) is 0 Å². The van der Waals surface area contributed by atoms with Crippen molar-refractivity contribution in [3.63, 3.8) is 0 Å². The lowest BCUT2D eigenvalue weighted by atomic mass is 9.90. The van der Waals surface area contributed by atoms with Gasteiger partial charge in [-0.05, 0) is 68.0 Å². The summed E-state index contributed by atoms with van der Waals surface area (Å²) in [4.78, 5) is 2.58. The summed E-state index contributed by atoms with van der Waals surface area (Å²) in [5.41, 5.74) is 2.79. The Balaban J connectivity index is 1.41. The van der Waals surface area contributed by atoms with Gasteiger partial charge in [-0.2, -0.15) is 0 Å². The molecule has 0 saturated carbocycles. The first-order chi connectivity index (χ1) is 10.8. The highest BCUT2D eigenvalue weighted by atomic mass is 16.3. The summed E-state index contributed by atoms with van der Waals surface area (Å²) in [5, 5.41) is 9.31. The zero-order valence-corrected chi connectivity index (χ0v) is 13.1. The maximum Gasteiger partial charge on any atom is 0.115 e. The number of hydrogen-bond acceptors (Lipinski definition) is 2. The van der Waals surface area contributed by atoms with Crippen molar-refractivity contribution in [2.75, 3.05) is 19.6 Å². The summed E-state index contributed by atoms with van der Waals surface area (Å²) in [5.74, 6) is 1.19. The van der Waals surface area contributed by atoms with E-state index in [0.29, 0.717) is 5.75 Å². The van der Waals surface area contributed by atoms with Gasteiger partial charge in [-0.3, -0.25) is 0 Å². The average molecular weight is 295 g/mol. The summed E-state index contributed by atoms with van der Waals surface area (Å²) in [6.45, 7) is 3.56. The van der Waals surface area contributed by atoms with Gasteiger partial charge in [0.2, 0.25) is 0 Å². The molecule has 3 rings (SSSR count). The SMILES string of the molecule is Oc1ccc(CCN2CCC(Cc3ccccc3)CC2)cc1. The summed E-state index contributed by atoms with van der Waals surface area (Å²) < 4.78 is 0. The van der Waals surface area contributed by atoms with Crippen molar-refractivity contribution in [2.24, 2.45) is 5.92 Å². The van der Waals surface area contributed by atoms with Crippen LogP contribution >= 0.6 is 0 Å². The molecular formula is C20H25NO. The van der Waals surface area contributed by atoms with Gasteiger partial charge < -0.3 is 10.0 Å². The van der Waals surface area contributed by atoms with Gasteiger partial charge in [0.25, 0.3) is 0 Å². The predicted molar refractivity (Wildman–Crippen MR) is 91.1 cm³/mol. The second-order valence-corrected chi connectivity index (χ2v) is 6.39. The molecule has 2 aromatic carbocycles. The third-order valence-corrected chi connectivity index (χ3v) is 4.73. The van der Waals surface area contributed by atoms with Crippen molar-refractivity contribution in [2.45, 2.75) is 25.7 Å². The molecule has 1 aliphatic heterocycles. The van der Waals surface area contributed by atoms with E-state index in [1.807, 2.05) is 12.1 Å².